The molecule has 0 aromatic rings. The predicted octanol–water partition coefficient (Wildman–Crippen LogP) is -0.683. The predicted molar refractivity (Wildman–Crippen MR) is 66.0 cm³/mol. The van der Waals surface area contributed by atoms with Crippen molar-refractivity contribution in [2.24, 2.45) is 5.73 Å². The van der Waals surface area contributed by atoms with Gasteiger partial charge in [0.25, 0.3) is 0 Å². The maximum atomic E-state index is 9.07. The quantitative estimate of drug-likeness (QED) is 0.268. The largest absolute Gasteiger partial charge is 0.451 e. The van der Waals surface area contributed by atoms with Gasteiger partial charge in [-0.2, -0.15) is 0 Å². The monoisotopic (exact) mass is 232 g/mol. The lowest BCUT2D eigenvalue weighted by Crippen LogP contribution is -2.47. The molecule has 0 bridgehead atoms. The van der Waals surface area contributed by atoms with E-state index in [1.165, 1.54) is 0 Å². The van der Waals surface area contributed by atoms with Gasteiger partial charge in [-0.25, -0.2) is 0 Å². The summed E-state index contributed by atoms with van der Waals surface area (Å²) >= 11 is 0. The minimum atomic E-state index is -1.21. The van der Waals surface area contributed by atoms with E-state index in [4.69, 9.17) is 20.9 Å². The van der Waals surface area contributed by atoms with Crippen LogP contribution in [0.25, 0.3) is 0 Å². The Hall–Kier alpha value is -0.135. The van der Waals surface area contributed by atoms with E-state index in [9.17, 15) is 0 Å². The Morgan fingerprint density at radius 3 is 2.50 bits per heavy atom. The molecule has 0 aliphatic heterocycles. The van der Waals surface area contributed by atoms with Crippen LogP contribution in [0.1, 0.15) is 33.1 Å². The number of aliphatic hydroxyl groups excluding tert-OH is 1. The second kappa shape index (κ2) is 8.03. The van der Waals surface area contributed by atoms with Crippen LogP contribution in [-0.2, 0) is 0 Å². The molecule has 16 heavy (non-hydrogen) atoms. The van der Waals surface area contributed by atoms with Gasteiger partial charge in [-0.15, -0.1) is 0 Å². The summed E-state index contributed by atoms with van der Waals surface area (Å²) in [4.78, 5) is 0. The van der Waals surface area contributed by atoms with Gasteiger partial charge in [-0.3, -0.25) is 0 Å². The van der Waals surface area contributed by atoms with Crippen molar-refractivity contribution in [3.63, 3.8) is 0 Å². The fraction of sp³-hybridized carbons (Fsp3) is 1.00. The maximum Gasteiger partial charge on any atom is 0.451 e. The molecule has 6 heteroatoms. The van der Waals surface area contributed by atoms with Crippen molar-refractivity contribution in [2.75, 3.05) is 13.1 Å². The van der Waals surface area contributed by atoms with Gasteiger partial charge in [0.05, 0.1) is 6.10 Å². The number of aliphatic hydroxyl groups is 1. The number of hydrogen-bond donors (Lipinski definition) is 5. The fourth-order valence-electron chi connectivity index (χ4n) is 1.51. The Bertz CT molecular complexity index is 177. The molecule has 0 saturated heterocycles. The molecule has 0 heterocycles. The van der Waals surface area contributed by atoms with Gasteiger partial charge < -0.3 is 26.2 Å². The van der Waals surface area contributed by atoms with Gasteiger partial charge in [-0.05, 0) is 26.6 Å². The van der Waals surface area contributed by atoms with Crippen molar-refractivity contribution in [3.8, 4) is 0 Å². The fourth-order valence-corrected chi connectivity index (χ4v) is 1.51. The van der Waals surface area contributed by atoms with E-state index >= 15 is 0 Å². The highest BCUT2D eigenvalue weighted by molar-refractivity contribution is 6.40. The molecule has 0 fully saturated rings. The first-order chi connectivity index (χ1) is 7.33. The molecule has 0 saturated carbocycles. The second-order valence-corrected chi connectivity index (χ2v) is 4.86. The van der Waals surface area contributed by atoms with E-state index in [-0.39, 0.29) is 11.6 Å². The van der Waals surface area contributed by atoms with E-state index in [0.717, 1.165) is 19.3 Å². The van der Waals surface area contributed by atoms with Gasteiger partial charge in [0.1, 0.15) is 0 Å². The molecule has 0 spiro atoms. The van der Waals surface area contributed by atoms with E-state index in [2.05, 4.69) is 5.32 Å². The van der Waals surface area contributed by atoms with Crippen LogP contribution >= 0.6 is 0 Å². The standard InChI is InChI=1S/C10H25BN2O3/c1-9(14)7-13-8-10(2,12)5-3-4-6-11(15)16/h9,13-16H,3-8,12H2,1-2H3/t9-,10?/m1/s1. The SMILES string of the molecule is C[C@@H](O)CNCC(C)(N)CCCCB(O)O. The summed E-state index contributed by atoms with van der Waals surface area (Å²) in [5.74, 6) is 0. The van der Waals surface area contributed by atoms with Crippen molar-refractivity contribution >= 4 is 7.12 Å². The van der Waals surface area contributed by atoms with Crippen molar-refractivity contribution in [2.45, 2.75) is 51.1 Å². The number of hydrogen-bond acceptors (Lipinski definition) is 5. The molecule has 0 radical (unpaired) electrons. The van der Waals surface area contributed by atoms with E-state index in [1.807, 2.05) is 6.92 Å². The lowest BCUT2D eigenvalue weighted by atomic mass is 9.82. The minimum Gasteiger partial charge on any atom is -0.427 e. The van der Waals surface area contributed by atoms with Crippen LogP contribution in [0.3, 0.4) is 0 Å². The summed E-state index contributed by atoms with van der Waals surface area (Å²) in [6.07, 6.45) is 2.51. The van der Waals surface area contributed by atoms with Crippen molar-refractivity contribution < 1.29 is 15.2 Å². The Morgan fingerprint density at radius 2 is 2.00 bits per heavy atom. The summed E-state index contributed by atoms with van der Waals surface area (Å²) in [6, 6.07) is 0. The second-order valence-electron chi connectivity index (χ2n) is 4.86. The summed E-state index contributed by atoms with van der Waals surface area (Å²) in [7, 11) is -1.21. The summed E-state index contributed by atoms with van der Waals surface area (Å²) in [6.45, 7) is 4.88. The molecule has 0 aliphatic rings. The van der Waals surface area contributed by atoms with E-state index in [1.54, 1.807) is 6.92 Å². The molecule has 0 aliphatic carbocycles. The van der Waals surface area contributed by atoms with Gasteiger partial charge in [0.15, 0.2) is 0 Å². The Kier molecular flexibility index (Phi) is 7.96. The number of nitrogens with one attached hydrogen (secondary N) is 1. The van der Waals surface area contributed by atoms with Crippen molar-refractivity contribution in [1.29, 1.82) is 0 Å². The third kappa shape index (κ3) is 10.4. The molecule has 2 atom stereocenters. The van der Waals surface area contributed by atoms with Crippen LogP contribution in [0.5, 0.6) is 0 Å². The zero-order valence-electron chi connectivity index (χ0n) is 10.3. The molecule has 6 N–H and O–H groups in total. The smallest absolute Gasteiger partial charge is 0.427 e. The first kappa shape index (κ1) is 15.9. The van der Waals surface area contributed by atoms with Gasteiger partial charge in [-0.1, -0.05) is 12.8 Å². The van der Waals surface area contributed by atoms with Crippen LogP contribution in [0.15, 0.2) is 0 Å². The minimum absolute atomic E-state index is 0.310. The number of nitrogens with two attached hydrogens (primary N) is 1. The summed E-state index contributed by atoms with van der Waals surface area (Å²) in [5.41, 5.74) is 5.74. The van der Waals surface area contributed by atoms with Crippen LogP contribution in [-0.4, -0.2) is 47.0 Å². The topological polar surface area (TPSA) is 98.7 Å². The summed E-state index contributed by atoms with van der Waals surface area (Å²) in [5, 5.41) is 29.5. The zero-order valence-corrected chi connectivity index (χ0v) is 10.3. The average Bonchev–Trinajstić information content (AvgIpc) is 2.11. The molecule has 0 aromatic heterocycles. The van der Waals surface area contributed by atoms with Crippen molar-refractivity contribution in [1.82, 2.24) is 5.32 Å². The molecule has 96 valence electrons. The third-order valence-electron chi connectivity index (χ3n) is 2.43. The highest BCUT2D eigenvalue weighted by atomic mass is 16.4. The molecule has 0 rings (SSSR count). The molecule has 1 unspecified atom stereocenters. The first-order valence-electron chi connectivity index (χ1n) is 5.87. The molecular formula is C10H25BN2O3. The van der Waals surface area contributed by atoms with Crippen LogP contribution in [0.4, 0.5) is 0 Å². The number of rotatable bonds is 9. The van der Waals surface area contributed by atoms with Crippen LogP contribution in [0, 0.1) is 0 Å². The summed E-state index contributed by atoms with van der Waals surface area (Å²) < 4.78 is 0. The Balaban J connectivity index is 3.53. The molecule has 0 aromatic carbocycles. The van der Waals surface area contributed by atoms with Crippen molar-refractivity contribution in [3.05, 3.63) is 0 Å². The highest BCUT2D eigenvalue weighted by Gasteiger charge is 2.18. The van der Waals surface area contributed by atoms with E-state index in [0.29, 0.717) is 19.4 Å². The molecule has 5 nitrogen and oxygen atoms in total. The Morgan fingerprint density at radius 1 is 1.38 bits per heavy atom. The van der Waals surface area contributed by atoms with Crippen LogP contribution < -0.4 is 11.1 Å². The molecule has 0 amide bonds. The Labute approximate surface area is 98.2 Å². The lowest BCUT2D eigenvalue weighted by molar-refractivity contribution is 0.187. The van der Waals surface area contributed by atoms with E-state index < -0.39 is 7.12 Å². The van der Waals surface area contributed by atoms with Crippen LogP contribution in [0.2, 0.25) is 6.32 Å². The number of unbranched alkanes of at least 4 members (excludes halogenated alkanes) is 1. The zero-order chi connectivity index (χ0) is 12.6. The van der Waals surface area contributed by atoms with Gasteiger partial charge in [0, 0.05) is 18.6 Å². The molecular weight excluding hydrogens is 207 g/mol. The van der Waals surface area contributed by atoms with Gasteiger partial charge >= 0.3 is 7.12 Å². The highest BCUT2D eigenvalue weighted by Crippen LogP contribution is 2.11. The average molecular weight is 232 g/mol. The third-order valence-corrected chi connectivity index (χ3v) is 2.43. The lowest BCUT2D eigenvalue weighted by Gasteiger charge is -2.25. The van der Waals surface area contributed by atoms with Gasteiger partial charge in [0.2, 0.25) is 0 Å². The normalized spacial score (nSPS) is 16.9. The first-order valence-corrected chi connectivity index (χ1v) is 5.87. The maximum absolute atomic E-state index is 9.07.